The molecule has 0 saturated carbocycles. The van der Waals surface area contributed by atoms with Crippen molar-refractivity contribution in [2.75, 3.05) is 20.3 Å². The Balaban J connectivity index is 1.70. The molecule has 0 fully saturated rings. The first-order chi connectivity index (χ1) is 19.2. The fraction of sp³-hybridized carbons (Fsp3) is 0.400. The van der Waals surface area contributed by atoms with E-state index in [0.717, 1.165) is 11.6 Å². The number of aromatic nitrogens is 1. The van der Waals surface area contributed by atoms with Crippen LogP contribution in [-0.2, 0) is 11.1 Å². The van der Waals surface area contributed by atoms with E-state index < -0.39 is 47.7 Å². The van der Waals surface area contributed by atoms with Crippen molar-refractivity contribution in [1.82, 2.24) is 4.98 Å². The smallest absolute Gasteiger partial charge is 0.422 e. The predicted molar refractivity (Wildman–Crippen MR) is 145 cm³/mol. The number of aryl methyl sites for hydroxylation is 1. The third kappa shape index (κ3) is 6.17. The molecule has 0 bridgehead atoms. The Morgan fingerprint density at radius 1 is 1.17 bits per heavy atom. The average Bonchev–Trinajstić information content (AvgIpc) is 3.23. The van der Waals surface area contributed by atoms with Crippen LogP contribution >= 0.6 is 0 Å². The Morgan fingerprint density at radius 3 is 2.46 bits per heavy atom. The standard InChI is InChI=1S/C30H33F3N2O6/c1-17-5-7-19(8-6-17)26-27-21(28(3,34)16-41-27)14-25(35-26)29(38,30(31,32)33)12-11-22(37)20-9-10-23(24(13-20)39-4)40-15-18(2)36/h5-10,13-14,18,36,38H,11-12,15-16,34H2,1-4H3. The molecule has 4 rings (SSSR count). The van der Waals surface area contributed by atoms with Gasteiger partial charge in [-0.05, 0) is 51.5 Å². The molecule has 0 aliphatic carbocycles. The van der Waals surface area contributed by atoms with Crippen molar-refractivity contribution in [2.45, 2.75) is 57.0 Å². The monoisotopic (exact) mass is 574 g/mol. The Hall–Kier alpha value is -3.67. The number of aliphatic hydroxyl groups excluding tert-OH is 1. The molecule has 8 nitrogen and oxygen atoms in total. The van der Waals surface area contributed by atoms with Crippen molar-refractivity contribution >= 4 is 5.78 Å². The molecule has 3 unspecified atom stereocenters. The number of ether oxygens (including phenoxy) is 3. The average molecular weight is 575 g/mol. The van der Waals surface area contributed by atoms with E-state index in [2.05, 4.69) is 4.98 Å². The van der Waals surface area contributed by atoms with Crippen molar-refractivity contribution in [3.63, 3.8) is 0 Å². The third-order valence-electron chi connectivity index (χ3n) is 7.00. The highest BCUT2D eigenvalue weighted by molar-refractivity contribution is 5.96. The second-order valence-corrected chi connectivity index (χ2v) is 10.6. The molecule has 2 aromatic carbocycles. The third-order valence-corrected chi connectivity index (χ3v) is 7.00. The molecule has 1 aliphatic rings. The van der Waals surface area contributed by atoms with Crippen molar-refractivity contribution in [1.29, 1.82) is 0 Å². The lowest BCUT2D eigenvalue weighted by molar-refractivity contribution is -0.270. The van der Waals surface area contributed by atoms with Crippen LogP contribution in [0.3, 0.4) is 0 Å². The summed E-state index contributed by atoms with van der Waals surface area (Å²) in [5.74, 6) is 0.0378. The van der Waals surface area contributed by atoms with Gasteiger partial charge in [0.1, 0.15) is 18.9 Å². The molecule has 0 radical (unpaired) electrons. The van der Waals surface area contributed by atoms with E-state index >= 15 is 0 Å². The maximum Gasteiger partial charge on any atom is 0.422 e. The van der Waals surface area contributed by atoms with Gasteiger partial charge >= 0.3 is 6.18 Å². The fourth-order valence-corrected chi connectivity index (χ4v) is 4.55. The quantitative estimate of drug-likeness (QED) is 0.295. The molecule has 3 atom stereocenters. The summed E-state index contributed by atoms with van der Waals surface area (Å²) in [6.45, 7) is 5.03. The van der Waals surface area contributed by atoms with Gasteiger partial charge in [-0.1, -0.05) is 29.8 Å². The Labute approximate surface area is 235 Å². The van der Waals surface area contributed by atoms with Crippen LogP contribution in [-0.4, -0.2) is 53.6 Å². The van der Waals surface area contributed by atoms with E-state index in [-0.39, 0.29) is 47.3 Å². The van der Waals surface area contributed by atoms with E-state index in [1.54, 1.807) is 31.2 Å². The van der Waals surface area contributed by atoms with Crippen molar-refractivity contribution in [2.24, 2.45) is 5.73 Å². The number of aliphatic hydroxyl groups is 2. The first-order valence-electron chi connectivity index (χ1n) is 13.0. The molecular weight excluding hydrogens is 541 g/mol. The normalized spacial score (nSPS) is 18.7. The summed E-state index contributed by atoms with van der Waals surface area (Å²) in [5.41, 5.74) is 3.01. The predicted octanol–water partition coefficient (Wildman–Crippen LogP) is 4.80. The van der Waals surface area contributed by atoms with Gasteiger partial charge in [-0.2, -0.15) is 13.2 Å². The number of fused-ring (bicyclic) bond motifs is 1. The van der Waals surface area contributed by atoms with Crippen LogP contribution in [0.25, 0.3) is 11.3 Å². The van der Waals surface area contributed by atoms with Crippen LogP contribution in [0, 0.1) is 6.92 Å². The van der Waals surface area contributed by atoms with Gasteiger partial charge < -0.3 is 30.2 Å². The summed E-state index contributed by atoms with van der Waals surface area (Å²) in [4.78, 5) is 17.3. The van der Waals surface area contributed by atoms with Crippen molar-refractivity contribution < 1.29 is 42.4 Å². The molecule has 11 heteroatoms. The molecule has 1 aliphatic heterocycles. The number of methoxy groups -OCH3 is 1. The number of hydrogen-bond donors (Lipinski definition) is 3. The number of ketones is 1. The van der Waals surface area contributed by atoms with Crippen molar-refractivity contribution in [3.8, 4) is 28.5 Å². The number of alkyl halides is 3. The van der Waals surface area contributed by atoms with Crippen LogP contribution in [0.4, 0.5) is 13.2 Å². The van der Waals surface area contributed by atoms with E-state index in [4.69, 9.17) is 19.9 Å². The van der Waals surface area contributed by atoms with Crippen LogP contribution in [0.2, 0.25) is 0 Å². The zero-order valence-corrected chi connectivity index (χ0v) is 23.2. The van der Waals surface area contributed by atoms with Gasteiger partial charge in [-0.3, -0.25) is 4.79 Å². The first kappa shape index (κ1) is 30.3. The Morgan fingerprint density at radius 2 is 1.85 bits per heavy atom. The fourth-order valence-electron chi connectivity index (χ4n) is 4.55. The van der Waals surface area contributed by atoms with Gasteiger partial charge in [0, 0.05) is 23.1 Å². The number of halogens is 3. The summed E-state index contributed by atoms with van der Waals surface area (Å²) >= 11 is 0. The molecule has 3 aromatic rings. The van der Waals surface area contributed by atoms with E-state index in [9.17, 15) is 28.2 Å². The lowest BCUT2D eigenvalue weighted by Crippen LogP contribution is -2.44. The van der Waals surface area contributed by atoms with E-state index in [0.29, 0.717) is 5.56 Å². The minimum atomic E-state index is -5.17. The van der Waals surface area contributed by atoms with Gasteiger partial charge in [0.25, 0.3) is 0 Å². The zero-order valence-electron chi connectivity index (χ0n) is 23.2. The summed E-state index contributed by atoms with van der Waals surface area (Å²) < 4.78 is 60.2. The van der Waals surface area contributed by atoms with Crippen LogP contribution < -0.4 is 19.9 Å². The lowest BCUT2D eigenvalue weighted by Gasteiger charge is -2.31. The van der Waals surface area contributed by atoms with Gasteiger partial charge in [-0.15, -0.1) is 0 Å². The number of pyridine rings is 1. The summed E-state index contributed by atoms with van der Waals surface area (Å²) in [6, 6.07) is 12.3. The Kier molecular flexibility index (Phi) is 8.35. The molecule has 1 aromatic heterocycles. The second-order valence-electron chi connectivity index (χ2n) is 10.6. The van der Waals surface area contributed by atoms with Gasteiger partial charge in [0.2, 0.25) is 5.60 Å². The molecule has 0 amide bonds. The SMILES string of the molecule is COc1cc(C(=O)CCC(O)(c2cc3c(c(-c4ccc(C)cc4)n2)OCC3(C)N)C(F)(F)F)ccc1OCC(C)O. The Bertz CT molecular complexity index is 1420. The summed E-state index contributed by atoms with van der Waals surface area (Å²) in [7, 11) is 1.35. The second kappa shape index (κ2) is 11.3. The molecular formula is C30H33F3N2O6. The molecule has 0 saturated heterocycles. The number of carbonyl (C=O) groups is 1. The van der Waals surface area contributed by atoms with E-state index in [1.807, 2.05) is 6.92 Å². The molecule has 2 heterocycles. The number of hydrogen-bond acceptors (Lipinski definition) is 8. The zero-order chi connectivity index (χ0) is 30.2. The number of nitrogens with two attached hydrogens (primary N) is 1. The maximum atomic E-state index is 14.6. The maximum absolute atomic E-state index is 14.6. The van der Waals surface area contributed by atoms with Crippen LogP contribution in [0.15, 0.2) is 48.5 Å². The minimum Gasteiger partial charge on any atom is -0.493 e. The molecule has 41 heavy (non-hydrogen) atoms. The van der Waals surface area contributed by atoms with Crippen molar-refractivity contribution in [3.05, 3.63) is 70.9 Å². The highest BCUT2D eigenvalue weighted by Crippen LogP contribution is 2.48. The molecule has 4 N–H and O–H groups in total. The number of nitrogens with zero attached hydrogens (tertiary/aromatic N) is 1. The highest BCUT2D eigenvalue weighted by atomic mass is 19.4. The number of rotatable bonds is 10. The number of benzene rings is 2. The van der Waals surface area contributed by atoms with Gasteiger partial charge in [0.05, 0.1) is 24.4 Å². The number of carbonyl (C=O) groups excluding carboxylic acids is 1. The molecule has 220 valence electrons. The van der Waals surface area contributed by atoms with Gasteiger partial charge in [0.15, 0.2) is 23.0 Å². The van der Waals surface area contributed by atoms with Gasteiger partial charge in [-0.25, -0.2) is 4.98 Å². The summed E-state index contributed by atoms with van der Waals surface area (Å²) in [6.07, 6.45) is -7.55. The van der Waals surface area contributed by atoms with Crippen LogP contribution in [0.1, 0.15) is 53.9 Å². The summed E-state index contributed by atoms with van der Waals surface area (Å²) in [5, 5.41) is 20.7. The van der Waals surface area contributed by atoms with E-state index in [1.165, 1.54) is 32.2 Å². The first-order valence-corrected chi connectivity index (χ1v) is 13.0. The van der Waals surface area contributed by atoms with Crippen LogP contribution in [0.5, 0.6) is 17.2 Å². The lowest BCUT2D eigenvalue weighted by atomic mass is 9.86. The number of Topliss-reactive ketones (excluding diaryl/α,β-unsaturated/α-hetero) is 1. The largest absolute Gasteiger partial charge is 0.493 e. The highest BCUT2D eigenvalue weighted by Gasteiger charge is 2.56. The molecule has 0 spiro atoms. The topological polar surface area (TPSA) is 124 Å². The minimum absolute atomic E-state index is 0.0203.